The smallest absolute Gasteiger partial charge is 0.234 e. The normalized spacial score (nSPS) is 10.7. The second kappa shape index (κ2) is 10.8. The average Bonchev–Trinajstić information content (AvgIpc) is 3.21. The number of carbonyl (C=O) groups is 1. The third-order valence-electron chi connectivity index (χ3n) is 5.28. The van der Waals surface area contributed by atoms with Crippen molar-refractivity contribution in [2.45, 2.75) is 32.2 Å². The largest absolute Gasteiger partial charge is 0.485 e. The molecule has 1 N–H and O–H groups in total. The second-order valence-electron chi connectivity index (χ2n) is 7.66. The standard InChI is InChI=1S/C26H26N4O2S/c1-19-10-9-15-23(20(19)2)32-17-24-28-29-26(30(24)16-21-11-5-3-6-12-21)33-18-25(31)27-22-13-7-4-8-14-22/h3-15H,16-18H2,1-2H3,(H,27,31). The summed E-state index contributed by atoms with van der Waals surface area (Å²) in [6.45, 7) is 5.00. The number of ether oxygens (including phenoxy) is 1. The van der Waals surface area contributed by atoms with Gasteiger partial charge in [-0.25, -0.2) is 0 Å². The molecule has 4 aromatic rings. The molecule has 4 rings (SSSR count). The van der Waals surface area contributed by atoms with E-state index in [1.807, 2.05) is 72.2 Å². The first-order chi connectivity index (χ1) is 16.1. The molecule has 0 aliphatic rings. The molecular formula is C26H26N4O2S. The predicted molar refractivity (Wildman–Crippen MR) is 132 cm³/mol. The first-order valence-corrected chi connectivity index (χ1v) is 11.7. The fourth-order valence-corrected chi connectivity index (χ4v) is 4.09. The van der Waals surface area contributed by atoms with Gasteiger partial charge in [0.15, 0.2) is 11.0 Å². The summed E-state index contributed by atoms with van der Waals surface area (Å²) in [5.74, 6) is 1.69. The van der Waals surface area contributed by atoms with Gasteiger partial charge < -0.3 is 10.1 Å². The Morgan fingerprint density at radius 3 is 2.42 bits per heavy atom. The molecule has 0 saturated carbocycles. The lowest BCUT2D eigenvalue weighted by Gasteiger charge is -2.13. The molecule has 1 heterocycles. The Bertz CT molecular complexity index is 1210. The number of anilines is 1. The molecule has 0 spiro atoms. The van der Waals surface area contributed by atoms with Gasteiger partial charge in [-0.3, -0.25) is 9.36 Å². The number of hydrogen-bond donors (Lipinski definition) is 1. The van der Waals surface area contributed by atoms with Crippen LogP contribution in [0.5, 0.6) is 5.75 Å². The van der Waals surface area contributed by atoms with Crippen LogP contribution < -0.4 is 10.1 Å². The lowest BCUT2D eigenvalue weighted by molar-refractivity contribution is -0.113. The highest BCUT2D eigenvalue weighted by Gasteiger charge is 2.16. The van der Waals surface area contributed by atoms with Gasteiger partial charge in [0.1, 0.15) is 12.4 Å². The number of nitrogens with one attached hydrogen (secondary N) is 1. The van der Waals surface area contributed by atoms with Gasteiger partial charge in [-0.1, -0.05) is 72.4 Å². The van der Waals surface area contributed by atoms with Gasteiger partial charge in [-0.15, -0.1) is 10.2 Å². The molecule has 0 atom stereocenters. The summed E-state index contributed by atoms with van der Waals surface area (Å²) >= 11 is 1.36. The maximum Gasteiger partial charge on any atom is 0.234 e. The number of para-hydroxylation sites is 1. The van der Waals surface area contributed by atoms with Crippen LogP contribution in [-0.2, 0) is 17.9 Å². The number of thioether (sulfide) groups is 1. The van der Waals surface area contributed by atoms with Crippen LogP contribution in [0, 0.1) is 13.8 Å². The Balaban J connectivity index is 1.49. The summed E-state index contributed by atoms with van der Waals surface area (Å²) < 4.78 is 8.10. The zero-order chi connectivity index (χ0) is 23.0. The zero-order valence-corrected chi connectivity index (χ0v) is 19.5. The van der Waals surface area contributed by atoms with Crippen LogP contribution in [0.2, 0.25) is 0 Å². The Morgan fingerprint density at radius 1 is 0.939 bits per heavy atom. The lowest BCUT2D eigenvalue weighted by atomic mass is 10.1. The maximum absolute atomic E-state index is 12.4. The summed E-state index contributed by atoms with van der Waals surface area (Å²) in [4.78, 5) is 12.4. The first-order valence-electron chi connectivity index (χ1n) is 10.7. The topological polar surface area (TPSA) is 69.0 Å². The van der Waals surface area contributed by atoms with Crippen LogP contribution in [0.25, 0.3) is 0 Å². The van der Waals surface area contributed by atoms with E-state index >= 15 is 0 Å². The summed E-state index contributed by atoms with van der Waals surface area (Å²) in [5, 5.41) is 12.3. The predicted octanol–water partition coefficient (Wildman–Crippen LogP) is 5.25. The van der Waals surface area contributed by atoms with E-state index in [1.165, 1.54) is 17.3 Å². The van der Waals surface area contributed by atoms with E-state index in [-0.39, 0.29) is 11.7 Å². The highest BCUT2D eigenvalue weighted by Crippen LogP contribution is 2.23. The minimum Gasteiger partial charge on any atom is -0.485 e. The van der Waals surface area contributed by atoms with E-state index in [4.69, 9.17) is 4.74 Å². The molecule has 33 heavy (non-hydrogen) atoms. The number of aryl methyl sites for hydroxylation is 1. The number of rotatable bonds is 9. The molecule has 1 aromatic heterocycles. The quantitative estimate of drug-likeness (QED) is 0.347. The van der Waals surface area contributed by atoms with Crippen LogP contribution >= 0.6 is 11.8 Å². The highest BCUT2D eigenvalue weighted by atomic mass is 32.2. The molecule has 0 radical (unpaired) electrons. The third-order valence-corrected chi connectivity index (χ3v) is 6.25. The molecule has 168 valence electrons. The van der Waals surface area contributed by atoms with Gasteiger partial charge in [0.05, 0.1) is 12.3 Å². The van der Waals surface area contributed by atoms with E-state index in [1.54, 1.807) is 0 Å². The van der Waals surface area contributed by atoms with Gasteiger partial charge in [-0.2, -0.15) is 0 Å². The Labute approximate surface area is 198 Å². The molecule has 7 heteroatoms. The minimum atomic E-state index is -0.0892. The molecule has 0 fully saturated rings. The molecule has 0 aliphatic heterocycles. The highest BCUT2D eigenvalue weighted by molar-refractivity contribution is 7.99. The van der Waals surface area contributed by atoms with Crippen molar-refractivity contribution < 1.29 is 9.53 Å². The molecule has 0 saturated heterocycles. The van der Waals surface area contributed by atoms with Crippen molar-refractivity contribution in [3.8, 4) is 5.75 Å². The van der Waals surface area contributed by atoms with Gasteiger partial charge in [-0.05, 0) is 48.7 Å². The van der Waals surface area contributed by atoms with E-state index in [9.17, 15) is 4.79 Å². The van der Waals surface area contributed by atoms with Crippen LogP contribution in [0.15, 0.2) is 84.0 Å². The van der Waals surface area contributed by atoms with Crippen molar-refractivity contribution in [2.75, 3.05) is 11.1 Å². The van der Waals surface area contributed by atoms with Crippen LogP contribution in [0.1, 0.15) is 22.5 Å². The Hall–Kier alpha value is -3.58. The average molecular weight is 459 g/mol. The SMILES string of the molecule is Cc1cccc(OCc2nnc(SCC(=O)Nc3ccccc3)n2Cc2ccccc2)c1C. The summed E-state index contributed by atoms with van der Waals surface area (Å²) in [6.07, 6.45) is 0. The van der Waals surface area contributed by atoms with Crippen LogP contribution in [-0.4, -0.2) is 26.4 Å². The number of carbonyl (C=O) groups excluding carboxylic acids is 1. The molecule has 1 amide bonds. The van der Waals surface area contributed by atoms with E-state index in [2.05, 4.69) is 40.6 Å². The molecular weight excluding hydrogens is 432 g/mol. The van der Waals surface area contributed by atoms with Gasteiger partial charge in [0.2, 0.25) is 5.91 Å². The van der Waals surface area contributed by atoms with Crippen molar-refractivity contribution in [3.63, 3.8) is 0 Å². The van der Waals surface area contributed by atoms with Crippen molar-refractivity contribution in [3.05, 3.63) is 101 Å². The maximum atomic E-state index is 12.4. The van der Waals surface area contributed by atoms with Crippen molar-refractivity contribution >= 4 is 23.4 Å². The van der Waals surface area contributed by atoms with Crippen molar-refractivity contribution in [2.24, 2.45) is 0 Å². The fraction of sp³-hybridized carbons (Fsp3) is 0.192. The summed E-state index contributed by atoms with van der Waals surface area (Å²) in [7, 11) is 0. The number of nitrogens with zero attached hydrogens (tertiary/aromatic N) is 3. The Kier molecular flexibility index (Phi) is 7.42. The second-order valence-corrected chi connectivity index (χ2v) is 8.60. The number of amides is 1. The molecule has 3 aromatic carbocycles. The van der Waals surface area contributed by atoms with E-state index in [0.717, 1.165) is 22.6 Å². The molecule has 6 nitrogen and oxygen atoms in total. The molecule has 0 unspecified atom stereocenters. The monoisotopic (exact) mass is 458 g/mol. The number of aromatic nitrogens is 3. The third kappa shape index (κ3) is 6.02. The first kappa shape index (κ1) is 22.6. The summed E-state index contributed by atoms with van der Waals surface area (Å²) in [5.41, 5.74) is 4.19. The van der Waals surface area contributed by atoms with E-state index < -0.39 is 0 Å². The Morgan fingerprint density at radius 2 is 1.67 bits per heavy atom. The van der Waals surface area contributed by atoms with Crippen LogP contribution in [0.4, 0.5) is 5.69 Å². The van der Waals surface area contributed by atoms with Gasteiger partial charge >= 0.3 is 0 Å². The van der Waals surface area contributed by atoms with E-state index in [0.29, 0.717) is 24.1 Å². The minimum absolute atomic E-state index is 0.0892. The molecule has 0 aliphatic carbocycles. The lowest BCUT2D eigenvalue weighted by Crippen LogP contribution is -2.15. The van der Waals surface area contributed by atoms with Crippen molar-refractivity contribution in [1.29, 1.82) is 0 Å². The number of hydrogen-bond acceptors (Lipinski definition) is 5. The van der Waals surface area contributed by atoms with Gasteiger partial charge in [0, 0.05) is 5.69 Å². The molecule has 0 bridgehead atoms. The van der Waals surface area contributed by atoms with Crippen LogP contribution in [0.3, 0.4) is 0 Å². The van der Waals surface area contributed by atoms with Crippen molar-refractivity contribution in [1.82, 2.24) is 14.8 Å². The summed E-state index contributed by atoms with van der Waals surface area (Å²) in [6, 6.07) is 25.6. The fourth-order valence-electron chi connectivity index (χ4n) is 3.33. The van der Waals surface area contributed by atoms with Gasteiger partial charge in [0.25, 0.3) is 0 Å². The number of benzene rings is 3. The zero-order valence-electron chi connectivity index (χ0n) is 18.7.